The van der Waals surface area contributed by atoms with Crippen molar-refractivity contribution in [1.82, 2.24) is 5.32 Å². The van der Waals surface area contributed by atoms with E-state index >= 15 is 0 Å². The average molecular weight is 197 g/mol. The maximum absolute atomic E-state index is 12.5. The summed E-state index contributed by atoms with van der Waals surface area (Å²) in [6, 6.07) is 6.36. The Balaban J connectivity index is 2.28. The smallest absolute Gasteiger partial charge is 0.123 e. The molecule has 0 aliphatic heterocycles. The molecule has 1 rings (SSSR count). The van der Waals surface area contributed by atoms with Crippen LogP contribution >= 0.6 is 0 Å². The first-order valence-corrected chi connectivity index (χ1v) is 4.63. The van der Waals surface area contributed by atoms with Crippen molar-refractivity contribution in [3.05, 3.63) is 35.6 Å². The second-order valence-corrected chi connectivity index (χ2v) is 3.25. The molecule has 0 amide bonds. The molecule has 1 atom stereocenters. The fourth-order valence-corrected chi connectivity index (χ4v) is 1.09. The molecule has 4 heteroatoms. The largest absolute Gasteiger partial charge is 0.329 e. The SMILES string of the molecule is NCC(N)CNCc1ccc(F)cc1. The third kappa shape index (κ3) is 3.83. The molecular weight excluding hydrogens is 181 g/mol. The van der Waals surface area contributed by atoms with Gasteiger partial charge in [-0.15, -0.1) is 0 Å². The highest BCUT2D eigenvalue weighted by Gasteiger charge is 1.98. The summed E-state index contributed by atoms with van der Waals surface area (Å²) in [5.41, 5.74) is 12.0. The number of benzene rings is 1. The first-order chi connectivity index (χ1) is 6.72. The summed E-state index contributed by atoms with van der Waals surface area (Å²) in [5, 5.41) is 3.14. The molecule has 1 aromatic rings. The van der Waals surface area contributed by atoms with Crippen LogP contribution in [0.3, 0.4) is 0 Å². The Morgan fingerprint density at radius 3 is 2.50 bits per heavy atom. The first-order valence-electron chi connectivity index (χ1n) is 4.63. The summed E-state index contributed by atoms with van der Waals surface area (Å²) in [7, 11) is 0. The predicted octanol–water partition coefficient (Wildman–Crippen LogP) is 0.201. The number of rotatable bonds is 5. The van der Waals surface area contributed by atoms with Crippen molar-refractivity contribution < 1.29 is 4.39 Å². The normalized spacial score (nSPS) is 12.8. The van der Waals surface area contributed by atoms with Gasteiger partial charge in [0.25, 0.3) is 0 Å². The van der Waals surface area contributed by atoms with Gasteiger partial charge in [0.15, 0.2) is 0 Å². The Bertz CT molecular complexity index is 261. The highest BCUT2D eigenvalue weighted by Crippen LogP contribution is 2.01. The van der Waals surface area contributed by atoms with Crippen molar-refractivity contribution in [2.45, 2.75) is 12.6 Å². The van der Waals surface area contributed by atoms with Crippen LogP contribution in [0, 0.1) is 5.82 Å². The number of nitrogens with two attached hydrogens (primary N) is 2. The fourth-order valence-electron chi connectivity index (χ4n) is 1.09. The van der Waals surface area contributed by atoms with Gasteiger partial charge in [0.1, 0.15) is 5.82 Å². The maximum atomic E-state index is 12.5. The zero-order valence-corrected chi connectivity index (χ0v) is 8.04. The van der Waals surface area contributed by atoms with Gasteiger partial charge in [0.05, 0.1) is 0 Å². The lowest BCUT2D eigenvalue weighted by atomic mass is 10.2. The van der Waals surface area contributed by atoms with Crippen LogP contribution in [0.15, 0.2) is 24.3 Å². The quantitative estimate of drug-likeness (QED) is 0.632. The number of hydrogen-bond acceptors (Lipinski definition) is 3. The molecule has 0 aliphatic rings. The van der Waals surface area contributed by atoms with Gasteiger partial charge >= 0.3 is 0 Å². The Morgan fingerprint density at radius 2 is 1.93 bits per heavy atom. The van der Waals surface area contributed by atoms with E-state index in [0.29, 0.717) is 19.6 Å². The van der Waals surface area contributed by atoms with Crippen LogP contribution in [0.1, 0.15) is 5.56 Å². The maximum Gasteiger partial charge on any atom is 0.123 e. The van der Waals surface area contributed by atoms with E-state index in [0.717, 1.165) is 5.56 Å². The van der Waals surface area contributed by atoms with Gasteiger partial charge in [-0.3, -0.25) is 0 Å². The minimum atomic E-state index is -0.215. The van der Waals surface area contributed by atoms with E-state index in [1.807, 2.05) is 0 Å². The minimum Gasteiger partial charge on any atom is -0.329 e. The van der Waals surface area contributed by atoms with Gasteiger partial charge in [0.2, 0.25) is 0 Å². The Kier molecular flexibility index (Phi) is 4.52. The van der Waals surface area contributed by atoms with Crippen LogP contribution in [0.4, 0.5) is 4.39 Å². The number of nitrogens with one attached hydrogen (secondary N) is 1. The van der Waals surface area contributed by atoms with E-state index in [1.165, 1.54) is 12.1 Å². The Labute approximate surface area is 83.3 Å². The van der Waals surface area contributed by atoms with Crippen LogP contribution < -0.4 is 16.8 Å². The molecule has 78 valence electrons. The molecular formula is C10H16FN3. The highest BCUT2D eigenvalue weighted by atomic mass is 19.1. The van der Waals surface area contributed by atoms with Gasteiger partial charge in [-0.1, -0.05) is 12.1 Å². The van der Waals surface area contributed by atoms with Crippen molar-refractivity contribution in [1.29, 1.82) is 0 Å². The molecule has 1 aromatic carbocycles. The van der Waals surface area contributed by atoms with E-state index in [4.69, 9.17) is 11.5 Å². The molecule has 0 fully saturated rings. The van der Waals surface area contributed by atoms with Crippen LogP contribution in [-0.2, 0) is 6.54 Å². The van der Waals surface area contributed by atoms with Gasteiger partial charge in [-0.2, -0.15) is 0 Å². The lowest BCUT2D eigenvalue weighted by molar-refractivity contribution is 0.580. The predicted molar refractivity (Wildman–Crippen MR) is 55.1 cm³/mol. The molecule has 0 spiro atoms. The van der Waals surface area contributed by atoms with Gasteiger partial charge < -0.3 is 16.8 Å². The zero-order chi connectivity index (χ0) is 10.4. The summed E-state index contributed by atoms with van der Waals surface area (Å²) < 4.78 is 12.5. The molecule has 3 nitrogen and oxygen atoms in total. The summed E-state index contributed by atoms with van der Waals surface area (Å²) in [5.74, 6) is -0.215. The lowest BCUT2D eigenvalue weighted by Gasteiger charge is -2.09. The van der Waals surface area contributed by atoms with E-state index < -0.39 is 0 Å². The molecule has 0 aromatic heterocycles. The van der Waals surface area contributed by atoms with E-state index in [9.17, 15) is 4.39 Å². The fraction of sp³-hybridized carbons (Fsp3) is 0.400. The molecule has 0 bridgehead atoms. The van der Waals surface area contributed by atoms with E-state index in [1.54, 1.807) is 12.1 Å². The zero-order valence-electron chi connectivity index (χ0n) is 8.04. The lowest BCUT2D eigenvalue weighted by Crippen LogP contribution is -2.39. The Hall–Kier alpha value is -0.970. The van der Waals surface area contributed by atoms with Crippen molar-refractivity contribution in [3.8, 4) is 0 Å². The van der Waals surface area contributed by atoms with Gasteiger partial charge in [0, 0.05) is 25.7 Å². The van der Waals surface area contributed by atoms with Crippen molar-refractivity contribution in [2.75, 3.05) is 13.1 Å². The van der Waals surface area contributed by atoms with Crippen LogP contribution in [0.5, 0.6) is 0 Å². The summed E-state index contributed by atoms with van der Waals surface area (Å²) in [4.78, 5) is 0. The van der Waals surface area contributed by atoms with Crippen molar-refractivity contribution in [3.63, 3.8) is 0 Å². The molecule has 0 aliphatic carbocycles. The molecule has 0 radical (unpaired) electrons. The van der Waals surface area contributed by atoms with E-state index in [-0.39, 0.29) is 11.9 Å². The standard InChI is InChI=1S/C10H16FN3/c11-9-3-1-8(2-4-9)6-14-7-10(13)5-12/h1-4,10,14H,5-7,12-13H2. The van der Waals surface area contributed by atoms with Crippen LogP contribution in [-0.4, -0.2) is 19.1 Å². The highest BCUT2D eigenvalue weighted by molar-refractivity contribution is 5.15. The minimum absolute atomic E-state index is 0.0181. The first kappa shape index (κ1) is 11.1. The van der Waals surface area contributed by atoms with Crippen molar-refractivity contribution in [2.24, 2.45) is 11.5 Å². The molecule has 5 N–H and O–H groups in total. The van der Waals surface area contributed by atoms with Crippen LogP contribution in [0.25, 0.3) is 0 Å². The third-order valence-electron chi connectivity index (χ3n) is 1.95. The van der Waals surface area contributed by atoms with Crippen molar-refractivity contribution >= 4 is 0 Å². The average Bonchev–Trinajstić information content (AvgIpc) is 2.21. The summed E-state index contributed by atoms with van der Waals surface area (Å²) in [6.07, 6.45) is 0. The van der Waals surface area contributed by atoms with Crippen LogP contribution in [0.2, 0.25) is 0 Å². The second kappa shape index (κ2) is 5.70. The molecule has 14 heavy (non-hydrogen) atoms. The molecule has 0 saturated heterocycles. The molecule has 0 saturated carbocycles. The van der Waals surface area contributed by atoms with Gasteiger partial charge in [-0.25, -0.2) is 4.39 Å². The second-order valence-electron chi connectivity index (χ2n) is 3.25. The topological polar surface area (TPSA) is 64.1 Å². The number of halogens is 1. The third-order valence-corrected chi connectivity index (χ3v) is 1.95. The summed E-state index contributed by atoms with van der Waals surface area (Å²) in [6.45, 7) is 1.83. The number of hydrogen-bond donors (Lipinski definition) is 3. The molecule has 0 heterocycles. The summed E-state index contributed by atoms with van der Waals surface area (Å²) >= 11 is 0. The monoisotopic (exact) mass is 197 g/mol. The van der Waals surface area contributed by atoms with E-state index in [2.05, 4.69) is 5.32 Å². The van der Waals surface area contributed by atoms with Gasteiger partial charge in [-0.05, 0) is 17.7 Å². The Morgan fingerprint density at radius 1 is 1.29 bits per heavy atom. The molecule has 1 unspecified atom stereocenters.